The summed E-state index contributed by atoms with van der Waals surface area (Å²) in [4.78, 5) is 0. The number of halogens is 1. The maximum absolute atomic E-state index is 13.9. The van der Waals surface area contributed by atoms with Crippen molar-refractivity contribution < 1.29 is 9.13 Å². The Hall–Kier alpha value is -1.13. The van der Waals surface area contributed by atoms with E-state index in [4.69, 9.17) is 10.6 Å². The predicted octanol–water partition coefficient (Wildman–Crippen LogP) is 3.17. The number of methoxy groups -OCH3 is 1. The zero-order chi connectivity index (χ0) is 13.5. The number of rotatable bonds is 7. The Balaban J connectivity index is 2.69. The summed E-state index contributed by atoms with van der Waals surface area (Å²) in [6.45, 7) is 4.36. The van der Waals surface area contributed by atoms with Crippen LogP contribution < -0.4 is 16.0 Å². The zero-order valence-corrected chi connectivity index (χ0v) is 11.4. The highest BCUT2D eigenvalue weighted by atomic mass is 19.1. The van der Waals surface area contributed by atoms with Gasteiger partial charge in [0.15, 0.2) is 0 Å². The molecule has 0 radical (unpaired) electrons. The molecular weight excluding hydrogens is 231 g/mol. The first-order chi connectivity index (χ1) is 8.58. The van der Waals surface area contributed by atoms with Crippen molar-refractivity contribution in [3.05, 3.63) is 29.6 Å². The minimum Gasteiger partial charge on any atom is -0.497 e. The Morgan fingerprint density at radius 3 is 2.56 bits per heavy atom. The van der Waals surface area contributed by atoms with Gasteiger partial charge in [0.1, 0.15) is 11.6 Å². The van der Waals surface area contributed by atoms with Crippen LogP contribution in [0.25, 0.3) is 0 Å². The molecule has 1 aromatic carbocycles. The highest BCUT2D eigenvalue weighted by Gasteiger charge is 2.15. The van der Waals surface area contributed by atoms with Crippen LogP contribution in [0.15, 0.2) is 18.2 Å². The lowest BCUT2D eigenvalue weighted by Crippen LogP contribution is -2.28. The molecule has 0 heterocycles. The summed E-state index contributed by atoms with van der Waals surface area (Å²) in [5.74, 6) is 6.42. The molecule has 102 valence electrons. The molecule has 4 heteroatoms. The van der Waals surface area contributed by atoms with Crippen LogP contribution in [-0.2, 0) is 0 Å². The van der Waals surface area contributed by atoms with Gasteiger partial charge in [-0.25, -0.2) is 4.39 Å². The molecule has 0 aliphatic heterocycles. The van der Waals surface area contributed by atoms with Crippen LogP contribution in [0.3, 0.4) is 0 Å². The molecule has 1 atom stereocenters. The van der Waals surface area contributed by atoms with Gasteiger partial charge in [-0.05, 0) is 18.4 Å². The highest BCUT2D eigenvalue weighted by molar-refractivity contribution is 5.30. The topological polar surface area (TPSA) is 47.3 Å². The molecule has 3 N–H and O–H groups in total. The van der Waals surface area contributed by atoms with Crippen LogP contribution in [0, 0.1) is 11.7 Å². The second-order valence-electron chi connectivity index (χ2n) is 4.93. The third-order valence-electron chi connectivity index (χ3n) is 3.06. The average Bonchev–Trinajstić information content (AvgIpc) is 2.35. The van der Waals surface area contributed by atoms with Crippen LogP contribution in [0.1, 0.15) is 44.7 Å². The fourth-order valence-corrected chi connectivity index (χ4v) is 1.98. The number of hydrogen-bond acceptors (Lipinski definition) is 3. The van der Waals surface area contributed by atoms with Crippen molar-refractivity contribution in [3.8, 4) is 5.75 Å². The van der Waals surface area contributed by atoms with Crippen molar-refractivity contribution in [2.75, 3.05) is 7.11 Å². The number of hydrogen-bond donors (Lipinski definition) is 2. The Labute approximate surface area is 108 Å². The number of benzene rings is 1. The third kappa shape index (κ3) is 4.27. The first-order valence-electron chi connectivity index (χ1n) is 6.38. The van der Waals surface area contributed by atoms with Crippen molar-refractivity contribution in [1.82, 2.24) is 5.43 Å². The van der Waals surface area contributed by atoms with E-state index in [0.29, 0.717) is 17.2 Å². The summed E-state index contributed by atoms with van der Waals surface area (Å²) in [6.07, 6.45) is 2.98. The summed E-state index contributed by atoms with van der Waals surface area (Å²) < 4.78 is 18.9. The lowest BCUT2D eigenvalue weighted by Gasteiger charge is -2.18. The molecule has 18 heavy (non-hydrogen) atoms. The lowest BCUT2D eigenvalue weighted by molar-refractivity contribution is 0.406. The number of nitrogens with one attached hydrogen (secondary N) is 1. The minimum absolute atomic E-state index is 0.144. The van der Waals surface area contributed by atoms with Crippen molar-refractivity contribution in [1.29, 1.82) is 0 Å². The van der Waals surface area contributed by atoms with Crippen molar-refractivity contribution in [2.45, 2.75) is 39.2 Å². The number of nitrogens with two attached hydrogens (primary N) is 1. The molecule has 0 saturated heterocycles. The second-order valence-corrected chi connectivity index (χ2v) is 4.93. The third-order valence-corrected chi connectivity index (χ3v) is 3.06. The van der Waals surface area contributed by atoms with Crippen molar-refractivity contribution in [2.24, 2.45) is 11.8 Å². The summed E-state index contributed by atoms with van der Waals surface area (Å²) >= 11 is 0. The molecule has 0 aliphatic rings. The Morgan fingerprint density at radius 1 is 1.33 bits per heavy atom. The van der Waals surface area contributed by atoms with Gasteiger partial charge >= 0.3 is 0 Å². The van der Waals surface area contributed by atoms with Gasteiger partial charge < -0.3 is 4.74 Å². The molecule has 3 nitrogen and oxygen atoms in total. The first kappa shape index (κ1) is 14.9. The zero-order valence-electron chi connectivity index (χ0n) is 11.4. The van der Waals surface area contributed by atoms with E-state index in [9.17, 15) is 4.39 Å². The normalized spacial score (nSPS) is 12.8. The van der Waals surface area contributed by atoms with Crippen molar-refractivity contribution in [3.63, 3.8) is 0 Å². The van der Waals surface area contributed by atoms with Gasteiger partial charge in [0.05, 0.1) is 7.11 Å². The Bertz CT molecular complexity index is 369. The molecule has 1 unspecified atom stereocenters. The number of hydrazine groups is 1. The molecule has 0 bridgehead atoms. The lowest BCUT2D eigenvalue weighted by atomic mass is 9.98. The predicted molar refractivity (Wildman–Crippen MR) is 71.7 cm³/mol. The summed E-state index contributed by atoms with van der Waals surface area (Å²) in [7, 11) is 1.52. The average molecular weight is 254 g/mol. The van der Waals surface area contributed by atoms with E-state index in [1.165, 1.54) is 13.2 Å². The molecule has 0 aromatic heterocycles. The standard InChI is InChI=1S/C14H23FN2O/c1-10(2)5-4-6-14(17-16)12-8-7-11(18-3)9-13(12)15/h7-10,14,17H,4-6,16H2,1-3H3. The van der Waals surface area contributed by atoms with Crippen LogP contribution in [0.5, 0.6) is 5.75 Å². The molecule has 0 aliphatic carbocycles. The van der Waals surface area contributed by atoms with Gasteiger partial charge in [-0.2, -0.15) is 0 Å². The van der Waals surface area contributed by atoms with E-state index in [-0.39, 0.29) is 11.9 Å². The van der Waals surface area contributed by atoms with Crippen LogP contribution >= 0.6 is 0 Å². The fraction of sp³-hybridized carbons (Fsp3) is 0.571. The SMILES string of the molecule is COc1ccc(C(CCCC(C)C)NN)c(F)c1. The smallest absolute Gasteiger partial charge is 0.131 e. The Morgan fingerprint density at radius 2 is 2.06 bits per heavy atom. The molecule has 0 amide bonds. The van der Waals surface area contributed by atoms with E-state index in [1.54, 1.807) is 12.1 Å². The van der Waals surface area contributed by atoms with E-state index < -0.39 is 0 Å². The number of ether oxygens (including phenoxy) is 1. The molecule has 1 rings (SSSR count). The fourth-order valence-electron chi connectivity index (χ4n) is 1.98. The van der Waals surface area contributed by atoms with Gasteiger partial charge in [-0.1, -0.05) is 32.8 Å². The van der Waals surface area contributed by atoms with Gasteiger partial charge in [-0.3, -0.25) is 11.3 Å². The first-order valence-corrected chi connectivity index (χ1v) is 6.38. The van der Waals surface area contributed by atoms with E-state index in [1.807, 2.05) is 0 Å². The van der Waals surface area contributed by atoms with Gasteiger partial charge in [-0.15, -0.1) is 0 Å². The molecule has 0 fully saturated rings. The molecule has 0 saturated carbocycles. The van der Waals surface area contributed by atoms with Gasteiger partial charge in [0, 0.05) is 17.7 Å². The maximum atomic E-state index is 13.9. The molecule has 1 aromatic rings. The summed E-state index contributed by atoms with van der Waals surface area (Å²) in [5, 5.41) is 0. The second kappa shape index (κ2) is 7.34. The van der Waals surface area contributed by atoms with Gasteiger partial charge in [0.2, 0.25) is 0 Å². The Kier molecular flexibility index (Phi) is 6.09. The quantitative estimate of drug-likeness (QED) is 0.580. The van der Waals surface area contributed by atoms with Crippen LogP contribution in [-0.4, -0.2) is 7.11 Å². The summed E-state index contributed by atoms with van der Waals surface area (Å²) in [5.41, 5.74) is 3.29. The van der Waals surface area contributed by atoms with Crippen LogP contribution in [0.2, 0.25) is 0 Å². The molecule has 0 spiro atoms. The largest absolute Gasteiger partial charge is 0.497 e. The van der Waals surface area contributed by atoms with E-state index >= 15 is 0 Å². The van der Waals surface area contributed by atoms with Crippen molar-refractivity contribution >= 4 is 0 Å². The molecular formula is C14H23FN2O. The minimum atomic E-state index is -0.276. The van der Waals surface area contributed by atoms with Gasteiger partial charge in [0.25, 0.3) is 0 Å². The van der Waals surface area contributed by atoms with Crippen LogP contribution in [0.4, 0.5) is 4.39 Å². The summed E-state index contributed by atoms with van der Waals surface area (Å²) in [6, 6.07) is 4.73. The maximum Gasteiger partial charge on any atom is 0.131 e. The highest BCUT2D eigenvalue weighted by Crippen LogP contribution is 2.25. The van der Waals surface area contributed by atoms with E-state index in [0.717, 1.165) is 19.3 Å². The monoisotopic (exact) mass is 254 g/mol. The van der Waals surface area contributed by atoms with E-state index in [2.05, 4.69) is 19.3 Å².